The van der Waals surface area contributed by atoms with Gasteiger partial charge in [-0.2, -0.15) is 0 Å². The fourth-order valence-electron chi connectivity index (χ4n) is 3.98. The number of furan rings is 1. The summed E-state index contributed by atoms with van der Waals surface area (Å²) < 4.78 is 5.70. The lowest BCUT2D eigenvalue weighted by atomic mass is 9.95. The molecule has 1 aliphatic heterocycles. The van der Waals surface area contributed by atoms with Crippen molar-refractivity contribution in [3.8, 4) is 16.9 Å². The lowest BCUT2D eigenvalue weighted by molar-refractivity contribution is 0.147. The Balaban J connectivity index is 1.72. The normalized spacial score (nSPS) is 15.9. The Hall–Kier alpha value is -2.56. The van der Waals surface area contributed by atoms with E-state index in [1.54, 1.807) is 0 Å². The predicted molar refractivity (Wildman–Crippen MR) is 115 cm³/mol. The summed E-state index contributed by atoms with van der Waals surface area (Å²) in [7, 11) is 2.16. The third kappa shape index (κ3) is 3.84. The van der Waals surface area contributed by atoms with E-state index < -0.39 is 0 Å². The smallest absolute Gasteiger partial charge is 0.134 e. The van der Waals surface area contributed by atoms with Crippen LogP contribution in [0.1, 0.15) is 16.9 Å². The van der Waals surface area contributed by atoms with Gasteiger partial charge in [0.25, 0.3) is 0 Å². The molecule has 0 bridgehead atoms. The molecule has 1 aliphatic rings. The van der Waals surface area contributed by atoms with Crippen molar-refractivity contribution in [1.29, 1.82) is 0 Å². The lowest BCUT2D eigenvalue weighted by Gasteiger charge is -2.32. The highest BCUT2D eigenvalue weighted by molar-refractivity contribution is 5.86. The number of hydrogen-bond donors (Lipinski definition) is 1. The van der Waals surface area contributed by atoms with Crippen LogP contribution < -0.4 is 0 Å². The molecule has 1 fully saturated rings. The molecule has 0 spiro atoms. The van der Waals surface area contributed by atoms with Gasteiger partial charge in [-0.1, -0.05) is 18.2 Å². The minimum Gasteiger partial charge on any atom is -0.507 e. The van der Waals surface area contributed by atoms with Crippen LogP contribution in [0.5, 0.6) is 5.75 Å². The van der Waals surface area contributed by atoms with Gasteiger partial charge in [-0.15, -0.1) is 6.58 Å². The second-order valence-electron chi connectivity index (χ2n) is 7.83. The molecule has 2 heterocycles. The Labute approximate surface area is 166 Å². The van der Waals surface area contributed by atoms with Crippen LogP contribution in [-0.2, 0) is 13.0 Å². The molecule has 28 heavy (non-hydrogen) atoms. The number of likely N-dealkylation sites (N-methyl/N-ethyl adjacent to an activating group) is 1. The van der Waals surface area contributed by atoms with Gasteiger partial charge < -0.3 is 14.4 Å². The summed E-state index contributed by atoms with van der Waals surface area (Å²) >= 11 is 0. The van der Waals surface area contributed by atoms with Crippen molar-refractivity contribution < 1.29 is 9.52 Å². The van der Waals surface area contributed by atoms with E-state index in [9.17, 15) is 5.11 Å². The number of aromatic hydroxyl groups is 1. The first kappa shape index (κ1) is 18.8. The molecule has 4 heteroatoms. The molecule has 0 radical (unpaired) electrons. The van der Waals surface area contributed by atoms with Gasteiger partial charge >= 0.3 is 0 Å². The highest BCUT2D eigenvalue weighted by Gasteiger charge is 2.18. The Kier molecular flexibility index (Phi) is 5.25. The molecule has 0 amide bonds. The van der Waals surface area contributed by atoms with Crippen LogP contribution in [0.4, 0.5) is 0 Å². The molecule has 0 unspecified atom stereocenters. The van der Waals surface area contributed by atoms with E-state index in [0.717, 1.165) is 72.6 Å². The predicted octanol–water partition coefficient (Wildman–Crippen LogP) is 4.59. The minimum absolute atomic E-state index is 0.381. The largest absolute Gasteiger partial charge is 0.507 e. The summed E-state index contributed by atoms with van der Waals surface area (Å²) in [5, 5.41) is 12.2. The number of aryl methyl sites for hydroxylation is 1. The van der Waals surface area contributed by atoms with Crippen LogP contribution in [0.25, 0.3) is 22.1 Å². The van der Waals surface area contributed by atoms with Gasteiger partial charge in [-0.3, -0.25) is 4.90 Å². The fourth-order valence-corrected chi connectivity index (χ4v) is 3.98. The number of allylic oxidation sites excluding steroid dienone is 1. The van der Waals surface area contributed by atoms with Crippen molar-refractivity contribution in [1.82, 2.24) is 9.80 Å². The maximum Gasteiger partial charge on any atom is 0.134 e. The molecular weight excluding hydrogens is 348 g/mol. The monoisotopic (exact) mass is 376 g/mol. The van der Waals surface area contributed by atoms with Crippen molar-refractivity contribution in [2.75, 3.05) is 33.2 Å². The van der Waals surface area contributed by atoms with E-state index >= 15 is 0 Å². The van der Waals surface area contributed by atoms with E-state index in [-0.39, 0.29) is 0 Å². The molecule has 1 aromatic heterocycles. The zero-order valence-electron chi connectivity index (χ0n) is 16.7. The van der Waals surface area contributed by atoms with Gasteiger partial charge in [0.1, 0.15) is 17.1 Å². The van der Waals surface area contributed by atoms with Crippen LogP contribution >= 0.6 is 0 Å². The van der Waals surface area contributed by atoms with E-state index in [2.05, 4.69) is 41.6 Å². The number of benzene rings is 2. The molecule has 4 rings (SSSR count). The summed E-state index contributed by atoms with van der Waals surface area (Å²) in [6, 6.07) is 12.3. The van der Waals surface area contributed by atoms with Gasteiger partial charge in [0, 0.05) is 49.2 Å². The third-order valence-electron chi connectivity index (χ3n) is 5.57. The minimum atomic E-state index is 0.381. The lowest BCUT2D eigenvalue weighted by Crippen LogP contribution is -2.43. The average Bonchev–Trinajstić information content (AvgIpc) is 3.05. The number of hydrogen-bond acceptors (Lipinski definition) is 4. The highest BCUT2D eigenvalue weighted by atomic mass is 16.3. The van der Waals surface area contributed by atoms with Gasteiger partial charge in [-0.25, -0.2) is 0 Å². The van der Waals surface area contributed by atoms with Crippen molar-refractivity contribution in [3.63, 3.8) is 0 Å². The second-order valence-corrected chi connectivity index (χ2v) is 7.83. The van der Waals surface area contributed by atoms with E-state index in [0.29, 0.717) is 5.75 Å². The molecule has 4 nitrogen and oxygen atoms in total. The van der Waals surface area contributed by atoms with Gasteiger partial charge in [-0.05, 0) is 55.8 Å². The Morgan fingerprint density at radius 3 is 2.64 bits per heavy atom. The van der Waals surface area contributed by atoms with Crippen molar-refractivity contribution in [2.24, 2.45) is 0 Å². The van der Waals surface area contributed by atoms with Gasteiger partial charge in [0.15, 0.2) is 0 Å². The summed E-state index contributed by atoms with van der Waals surface area (Å²) in [6.45, 7) is 10.8. The number of phenols is 1. The molecule has 1 saturated heterocycles. The van der Waals surface area contributed by atoms with Crippen molar-refractivity contribution in [2.45, 2.75) is 19.9 Å². The molecule has 3 aromatic rings. The fraction of sp³-hybridized carbons (Fsp3) is 0.333. The number of rotatable bonds is 5. The number of piperazine rings is 1. The first-order valence-corrected chi connectivity index (χ1v) is 9.90. The maximum absolute atomic E-state index is 11.1. The summed E-state index contributed by atoms with van der Waals surface area (Å²) in [5.41, 5.74) is 4.93. The summed E-state index contributed by atoms with van der Waals surface area (Å²) in [5.74, 6) is 1.28. The molecule has 0 saturated carbocycles. The first-order valence-electron chi connectivity index (χ1n) is 9.90. The third-order valence-corrected chi connectivity index (χ3v) is 5.57. The van der Waals surface area contributed by atoms with E-state index in [4.69, 9.17) is 4.42 Å². The SMILES string of the molecule is C=CCc1cc(CN2CCN(C)CC2)c(O)c(-c2ccc3oc(C)cc3c2)c1. The number of phenolic OH excluding ortho intramolecular Hbond substituents is 1. The standard InChI is InChI=1S/C24H28N2O2/c1-4-5-18-13-21(16-26-10-8-25(3)9-11-26)24(27)22(14-18)19-6-7-23-20(15-19)12-17(2)28-23/h4,6-7,12-15,27H,1,5,8-11,16H2,2-3H3. The van der Waals surface area contributed by atoms with Crippen LogP contribution in [0.3, 0.4) is 0 Å². The van der Waals surface area contributed by atoms with E-state index in [1.165, 1.54) is 5.56 Å². The zero-order valence-corrected chi connectivity index (χ0v) is 16.7. The summed E-state index contributed by atoms with van der Waals surface area (Å²) in [4.78, 5) is 4.76. The molecule has 0 aliphatic carbocycles. The Bertz CT molecular complexity index is 997. The highest BCUT2D eigenvalue weighted by Crippen LogP contribution is 2.36. The van der Waals surface area contributed by atoms with Crippen LogP contribution in [0, 0.1) is 6.92 Å². The van der Waals surface area contributed by atoms with Gasteiger partial charge in [0.05, 0.1) is 0 Å². The topological polar surface area (TPSA) is 39.9 Å². The summed E-state index contributed by atoms with van der Waals surface area (Å²) in [6.07, 6.45) is 2.70. The molecular formula is C24H28N2O2. The van der Waals surface area contributed by atoms with Crippen LogP contribution in [0.15, 0.2) is 53.5 Å². The Morgan fingerprint density at radius 2 is 1.89 bits per heavy atom. The van der Waals surface area contributed by atoms with Crippen LogP contribution in [-0.4, -0.2) is 48.1 Å². The average molecular weight is 377 g/mol. The number of fused-ring (bicyclic) bond motifs is 1. The molecule has 2 aromatic carbocycles. The van der Waals surface area contributed by atoms with Crippen molar-refractivity contribution in [3.05, 3.63) is 65.9 Å². The second kappa shape index (κ2) is 7.82. The quantitative estimate of drug-likeness (QED) is 0.661. The first-order chi connectivity index (χ1) is 13.5. The molecule has 146 valence electrons. The van der Waals surface area contributed by atoms with Crippen molar-refractivity contribution >= 4 is 11.0 Å². The number of nitrogens with zero attached hydrogens (tertiary/aromatic N) is 2. The Morgan fingerprint density at radius 1 is 1.11 bits per heavy atom. The maximum atomic E-state index is 11.1. The van der Waals surface area contributed by atoms with Crippen LogP contribution in [0.2, 0.25) is 0 Å². The van der Waals surface area contributed by atoms with Gasteiger partial charge in [0.2, 0.25) is 0 Å². The molecule has 0 atom stereocenters. The zero-order chi connectivity index (χ0) is 19.7. The molecule has 1 N–H and O–H groups in total. The van der Waals surface area contributed by atoms with E-state index in [1.807, 2.05) is 31.2 Å².